The van der Waals surface area contributed by atoms with Crippen molar-refractivity contribution in [2.24, 2.45) is 0 Å². The molecule has 0 amide bonds. The van der Waals surface area contributed by atoms with E-state index in [4.69, 9.17) is 17.3 Å². The van der Waals surface area contributed by atoms with Crippen LogP contribution >= 0.6 is 27.5 Å². The van der Waals surface area contributed by atoms with E-state index in [2.05, 4.69) is 20.9 Å². The van der Waals surface area contributed by atoms with Gasteiger partial charge in [-0.15, -0.1) is 0 Å². The number of aromatic nitrogens is 1. The Balaban J connectivity index is 3.43. The van der Waals surface area contributed by atoms with Crippen LogP contribution in [-0.2, 0) is 0 Å². The smallest absolute Gasteiger partial charge is 0.165 e. The van der Waals surface area contributed by atoms with Crippen LogP contribution in [0, 0.1) is 0 Å². The van der Waals surface area contributed by atoms with Gasteiger partial charge in [-0.05, 0) is 22.9 Å². The molecule has 0 saturated carbocycles. The third-order valence-corrected chi connectivity index (χ3v) is 2.58. The molecule has 0 saturated heterocycles. The SMILES string of the molecule is CC(=O)c1c(N)ncc(Br)c1Cl. The van der Waals surface area contributed by atoms with Crippen LogP contribution in [0.1, 0.15) is 17.3 Å². The van der Waals surface area contributed by atoms with Gasteiger partial charge in [0.25, 0.3) is 0 Å². The van der Waals surface area contributed by atoms with Crippen molar-refractivity contribution in [3.63, 3.8) is 0 Å². The zero-order valence-corrected chi connectivity index (χ0v) is 8.61. The second-order valence-corrected chi connectivity index (χ2v) is 3.47. The summed E-state index contributed by atoms with van der Waals surface area (Å²) in [4.78, 5) is 14.8. The minimum absolute atomic E-state index is 0.163. The molecular formula is C7H6BrClN2O. The summed E-state index contributed by atoms with van der Waals surface area (Å²) in [5.41, 5.74) is 5.72. The molecule has 2 N–H and O–H groups in total. The van der Waals surface area contributed by atoms with Crippen LogP contribution in [0.5, 0.6) is 0 Å². The fraction of sp³-hybridized carbons (Fsp3) is 0.143. The monoisotopic (exact) mass is 248 g/mol. The second-order valence-electron chi connectivity index (χ2n) is 2.24. The van der Waals surface area contributed by atoms with Crippen LogP contribution in [0.25, 0.3) is 0 Å². The van der Waals surface area contributed by atoms with Gasteiger partial charge in [0, 0.05) is 6.20 Å². The molecule has 0 unspecified atom stereocenters. The highest BCUT2D eigenvalue weighted by atomic mass is 79.9. The molecule has 12 heavy (non-hydrogen) atoms. The number of nitrogens with zero attached hydrogens (tertiary/aromatic N) is 1. The average molecular weight is 249 g/mol. The molecule has 5 heteroatoms. The van der Waals surface area contributed by atoms with Crippen LogP contribution in [0.3, 0.4) is 0 Å². The maximum absolute atomic E-state index is 11.0. The molecule has 0 radical (unpaired) electrons. The molecule has 3 nitrogen and oxygen atoms in total. The number of Topliss-reactive ketones (excluding diaryl/α,β-unsaturated/α-hetero) is 1. The fourth-order valence-electron chi connectivity index (χ4n) is 0.814. The number of hydrogen-bond donors (Lipinski definition) is 1. The van der Waals surface area contributed by atoms with E-state index in [1.807, 2.05) is 0 Å². The summed E-state index contributed by atoms with van der Waals surface area (Å²) in [6.45, 7) is 1.39. The Morgan fingerprint density at radius 1 is 1.75 bits per heavy atom. The minimum atomic E-state index is -0.189. The number of nitrogen functional groups attached to an aromatic ring is 1. The molecular weight excluding hydrogens is 243 g/mol. The molecule has 64 valence electrons. The van der Waals surface area contributed by atoms with Gasteiger partial charge in [-0.1, -0.05) is 11.6 Å². The topological polar surface area (TPSA) is 56.0 Å². The zero-order chi connectivity index (χ0) is 9.30. The number of anilines is 1. The number of ketones is 1. The average Bonchev–Trinajstić information content (AvgIpc) is 1.97. The van der Waals surface area contributed by atoms with Gasteiger partial charge in [-0.2, -0.15) is 0 Å². The highest BCUT2D eigenvalue weighted by Gasteiger charge is 2.13. The van der Waals surface area contributed by atoms with Crippen molar-refractivity contribution in [2.45, 2.75) is 6.92 Å². The number of hydrogen-bond acceptors (Lipinski definition) is 3. The first-order chi connectivity index (χ1) is 5.54. The van der Waals surface area contributed by atoms with Crippen molar-refractivity contribution in [1.29, 1.82) is 0 Å². The molecule has 0 fully saturated rings. The molecule has 0 spiro atoms. The molecule has 1 heterocycles. The van der Waals surface area contributed by atoms with Crippen molar-refractivity contribution >= 4 is 39.1 Å². The summed E-state index contributed by atoms with van der Waals surface area (Å²) in [6.07, 6.45) is 1.46. The summed E-state index contributed by atoms with van der Waals surface area (Å²) in [7, 11) is 0. The van der Waals surface area contributed by atoms with Gasteiger partial charge >= 0.3 is 0 Å². The predicted octanol–water partition coefficient (Wildman–Crippen LogP) is 2.28. The number of halogens is 2. The van der Waals surface area contributed by atoms with E-state index in [9.17, 15) is 4.79 Å². The molecule has 0 atom stereocenters. The van der Waals surface area contributed by atoms with Gasteiger partial charge in [-0.3, -0.25) is 4.79 Å². The lowest BCUT2D eigenvalue weighted by atomic mass is 10.2. The maximum atomic E-state index is 11.0. The van der Waals surface area contributed by atoms with Crippen molar-refractivity contribution in [1.82, 2.24) is 4.98 Å². The van der Waals surface area contributed by atoms with Gasteiger partial charge in [0.1, 0.15) is 5.82 Å². The van der Waals surface area contributed by atoms with Gasteiger partial charge in [0.15, 0.2) is 5.78 Å². The molecule has 0 aliphatic rings. The standard InChI is InChI=1S/C7H6BrClN2O/c1-3(12)5-6(9)4(8)2-11-7(5)10/h2H,1H3,(H2,10,11). The third-order valence-electron chi connectivity index (χ3n) is 1.35. The highest BCUT2D eigenvalue weighted by molar-refractivity contribution is 9.10. The van der Waals surface area contributed by atoms with E-state index in [0.29, 0.717) is 9.50 Å². The summed E-state index contributed by atoms with van der Waals surface area (Å²) >= 11 is 8.95. The zero-order valence-electron chi connectivity index (χ0n) is 6.27. The van der Waals surface area contributed by atoms with Gasteiger partial charge in [0.2, 0.25) is 0 Å². The summed E-state index contributed by atoms with van der Waals surface area (Å²) in [5.74, 6) is -0.0259. The Morgan fingerprint density at radius 2 is 2.33 bits per heavy atom. The van der Waals surface area contributed by atoms with Crippen LogP contribution in [0.4, 0.5) is 5.82 Å². The Bertz CT molecular complexity index is 340. The Hall–Kier alpha value is -0.610. The minimum Gasteiger partial charge on any atom is -0.383 e. The van der Waals surface area contributed by atoms with Crippen molar-refractivity contribution in [3.8, 4) is 0 Å². The van der Waals surface area contributed by atoms with Crippen LogP contribution in [0.2, 0.25) is 5.02 Å². The molecule has 0 bridgehead atoms. The lowest BCUT2D eigenvalue weighted by molar-refractivity contribution is 0.101. The number of carbonyl (C=O) groups excluding carboxylic acids is 1. The summed E-state index contributed by atoms with van der Waals surface area (Å²) in [5, 5.41) is 0.315. The number of carbonyl (C=O) groups is 1. The normalized spacial score (nSPS) is 9.92. The first-order valence-electron chi connectivity index (χ1n) is 3.14. The molecule has 0 aromatic carbocycles. The van der Waals surface area contributed by atoms with Crippen LogP contribution in [0.15, 0.2) is 10.7 Å². The Labute approximate surface area is 83.1 Å². The van der Waals surface area contributed by atoms with Crippen molar-refractivity contribution < 1.29 is 4.79 Å². The second kappa shape index (κ2) is 3.41. The van der Waals surface area contributed by atoms with Gasteiger partial charge < -0.3 is 5.73 Å². The van der Waals surface area contributed by atoms with E-state index >= 15 is 0 Å². The fourth-order valence-corrected chi connectivity index (χ4v) is 1.39. The maximum Gasteiger partial charge on any atom is 0.165 e. The molecule has 1 aromatic heterocycles. The summed E-state index contributed by atoms with van der Waals surface area (Å²) < 4.78 is 0.573. The number of nitrogens with two attached hydrogens (primary N) is 1. The quantitative estimate of drug-likeness (QED) is 0.777. The summed E-state index contributed by atoms with van der Waals surface area (Å²) in [6, 6.07) is 0. The molecule has 1 rings (SSSR count). The van der Waals surface area contributed by atoms with E-state index in [-0.39, 0.29) is 17.2 Å². The first kappa shape index (κ1) is 9.48. The van der Waals surface area contributed by atoms with E-state index in [1.54, 1.807) is 0 Å². The molecule has 1 aromatic rings. The van der Waals surface area contributed by atoms with Gasteiger partial charge in [0.05, 0.1) is 15.1 Å². The van der Waals surface area contributed by atoms with E-state index in [1.165, 1.54) is 13.1 Å². The van der Waals surface area contributed by atoms with Crippen molar-refractivity contribution in [2.75, 3.05) is 5.73 Å². The first-order valence-corrected chi connectivity index (χ1v) is 4.31. The number of pyridine rings is 1. The third kappa shape index (κ3) is 1.59. The van der Waals surface area contributed by atoms with Crippen LogP contribution < -0.4 is 5.73 Å². The lowest BCUT2D eigenvalue weighted by Gasteiger charge is -2.03. The highest BCUT2D eigenvalue weighted by Crippen LogP contribution is 2.28. The Kier molecular flexibility index (Phi) is 2.69. The van der Waals surface area contributed by atoms with Gasteiger partial charge in [-0.25, -0.2) is 4.98 Å². The van der Waals surface area contributed by atoms with E-state index in [0.717, 1.165) is 0 Å². The Morgan fingerprint density at radius 3 is 2.75 bits per heavy atom. The molecule has 0 aliphatic carbocycles. The predicted molar refractivity (Wildman–Crippen MR) is 51.4 cm³/mol. The van der Waals surface area contributed by atoms with Crippen molar-refractivity contribution in [3.05, 3.63) is 21.3 Å². The van der Waals surface area contributed by atoms with Crippen LogP contribution in [-0.4, -0.2) is 10.8 Å². The lowest BCUT2D eigenvalue weighted by Crippen LogP contribution is -2.03. The van der Waals surface area contributed by atoms with E-state index < -0.39 is 0 Å². The largest absolute Gasteiger partial charge is 0.383 e. The number of rotatable bonds is 1. The molecule has 0 aliphatic heterocycles.